The predicted octanol–water partition coefficient (Wildman–Crippen LogP) is 6.48. The van der Waals surface area contributed by atoms with Gasteiger partial charge in [-0.3, -0.25) is 9.00 Å². The number of carbonyl (C=O) groups excluding carboxylic acids is 1. The molecular formula is C26H20ClF3N2O5S. The van der Waals surface area contributed by atoms with Gasteiger partial charge in [-0.2, -0.15) is 0 Å². The van der Waals surface area contributed by atoms with Crippen molar-refractivity contribution in [3.05, 3.63) is 76.9 Å². The fourth-order valence-electron chi connectivity index (χ4n) is 3.74. The number of fused-ring (bicyclic) bond motifs is 1. The molecule has 1 heterocycles. The number of halogens is 4. The maximum Gasteiger partial charge on any atom is 0.573 e. The lowest BCUT2D eigenvalue weighted by molar-refractivity contribution is -0.274. The number of ether oxygens (including phenoxy) is 3. The Morgan fingerprint density at radius 2 is 1.74 bits per heavy atom. The van der Waals surface area contributed by atoms with E-state index >= 15 is 0 Å². The summed E-state index contributed by atoms with van der Waals surface area (Å²) < 4.78 is 65.4. The Morgan fingerprint density at radius 3 is 2.39 bits per heavy atom. The van der Waals surface area contributed by atoms with E-state index in [0.29, 0.717) is 21.2 Å². The summed E-state index contributed by atoms with van der Waals surface area (Å²) in [4.78, 5) is 21.8. The first kappa shape index (κ1) is 27.2. The molecule has 0 saturated carbocycles. The number of aliphatic imine (C=N–C) groups is 1. The van der Waals surface area contributed by atoms with Crippen LogP contribution in [0.1, 0.15) is 15.9 Å². The zero-order valence-electron chi connectivity index (χ0n) is 20.2. The van der Waals surface area contributed by atoms with Gasteiger partial charge in [-0.15, -0.1) is 13.2 Å². The summed E-state index contributed by atoms with van der Waals surface area (Å²) in [6.07, 6.45) is -2.04. The fourth-order valence-corrected chi connectivity index (χ4v) is 4.47. The highest BCUT2D eigenvalue weighted by molar-refractivity contribution is 7.84. The molecule has 38 heavy (non-hydrogen) atoms. The highest BCUT2D eigenvalue weighted by Gasteiger charge is 2.31. The van der Waals surface area contributed by atoms with Crippen LogP contribution in [-0.2, 0) is 10.8 Å². The van der Waals surface area contributed by atoms with E-state index in [4.69, 9.17) is 21.1 Å². The van der Waals surface area contributed by atoms with Crippen LogP contribution < -0.4 is 14.2 Å². The van der Waals surface area contributed by atoms with Gasteiger partial charge in [-0.1, -0.05) is 11.6 Å². The number of benzene rings is 3. The van der Waals surface area contributed by atoms with E-state index in [0.717, 1.165) is 12.1 Å². The number of aromatic amines is 1. The minimum Gasteiger partial charge on any atom is -0.497 e. The lowest BCUT2D eigenvalue weighted by Gasteiger charge is -2.13. The summed E-state index contributed by atoms with van der Waals surface area (Å²) >= 11 is 6.12. The topological polar surface area (TPSA) is 90.0 Å². The molecule has 1 aromatic heterocycles. The van der Waals surface area contributed by atoms with Crippen LogP contribution in [0.2, 0.25) is 5.02 Å². The molecule has 198 valence electrons. The van der Waals surface area contributed by atoms with Gasteiger partial charge < -0.3 is 19.2 Å². The molecule has 0 radical (unpaired) electrons. The number of hydrogen-bond acceptors (Lipinski definition) is 6. The molecule has 0 fully saturated rings. The minimum atomic E-state index is -4.90. The van der Waals surface area contributed by atoms with Crippen LogP contribution in [-0.4, -0.2) is 47.5 Å². The molecule has 1 N–H and O–H groups in total. The molecule has 1 unspecified atom stereocenters. The van der Waals surface area contributed by atoms with Gasteiger partial charge in [0.15, 0.2) is 0 Å². The first-order valence-electron chi connectivity index (χ1n) is 10.9. The smallest absolute Gasteiger partial charge is 0.497 e. The summed E-state index contributed by atoms with van der Waals surface area (Å²) in [5.41, 5.74) is 0.903. The summed E-state index contributed by atoms with van der Waals surface area (Å²) in [7, 11) is 1.46. The van der Waals surface area contributed by atoms with Gasteiger partial charge in [-0.05, 0) is 48.5 Å². The second-order valence-electron chi connectivity index (χ2n) is 7.91. The maximum atomic E-state index is 14.0. The number of carbonyl (C=O) groups is 1. The van der Waals surface area contributed by atoms with Crippen molar-refractivity contribution in [3.63, 3.8) is 0 Å². The molecule has 12 heteroatoms. The van der Waals surface area contributed by atoms with Crippen molar-refractivity contribution < 1.29 is 36.4 Å². The molecular weight excluding hydrogens is 545 g/mol. The molecule has 4 aromatic rings. The number of Topliss-reactive ketones (excluding diaryl/α,β-unsaturated/α-hetero) is 1. The Bertz CT molecular complexity index is 1580. The summed E-state index contributed by atoms with van der Waals surface area (Å²) in [6.45, 7) is 0. The molecule has 7 nitrogen and oxygen atoms in total. The van der Waals surface area contributed by atoms with Gasteiger partial charge in [0.1, 0.15) is 23.0 Å². The molecule has 4 rings (SSSR count). The largest absolute Gasteiger partial charge is 0.573 e. The number of H-pyrrole nitrogens is 1. The fraction of sp³-hybridized carbons (Fsp3) is 0.154. The van der Waals surface area contributed by atoms with E-state index in [2.05, 4.69) is 14.7 Å². The Balaban J connectivity index is 1.93. The second kappa shape index (κ2) is 10.9. The van der Waals surface area contributed by atoms with Crippen LogP contribution in [0.4, 0.5) is 18.9 Å². The molecule has 0 amide bonds. The molecule has 0 aliphatic heterocycles. The van der Waals surface area contributed by atoms with Crippen LogP contribution in [0, 0.1) is 0 Å². The van der Waals surface area contributed by atoms with Crippen LogP contribution in [0.15, 0.2) is 70.7 Å². The zero-order valence-corrected chi connectivity index (χ0v) is 21.8. The van der Waals surface area contributed by atoms with E-state index in [9.17, 15) is 22.2 Å². The summed E-state index contributed by atoms with van der Waals surface area (Å²) in [6, 6.07) is 12.9. The van der Waals surface area contributed by atoms with E-state index < -0.39 is 28.7 Å². The number of hydrogen-bond donors (Lipinski definition) is 1. The standard InChI is InChI=1S/C26H20ClF3N2O5S/c1-35-17-9-15(10-18(11-17)38(3)34)32-24(19-6-4-14(27)8-23(19)36-2)25(33)21-13-31-22-7-5-16(12-20(21)22)37-26(28,29)30/h4-13,31H,1-3H3. The molecule has 3 aromatic carbocycles. The molecule has 0 saturated heterocycles. The number of aromatic nitrogens is 1. The third-order valence-corrected chi connectivity index (χ3v) is 6.57. The van der Waals surface area contributed by atoms with Gasteiger partial charge in [0, 0.05) is 61.3 Å². The minimum absolute atomic E-state index is 0.0468. The number of alkyl halides is 3. The Labute approximate surface area is 222 Å². The van der Waals surface area contributed by atoms with Crippen molar-refractivity contribution in [1.82, 2.24) is 4.98 Å². The van der Waals surface area contributed by atoms with Gasteiger partial charge in [0.05, 0.1) is 19.9 Å². The SMILES string of the molecule is COc1cc(N=C(C(=O)c2c[nH]c3ccc(OC(F)(F)F)cc23)c2ccc(Cl)cc2OC)cc(S(C)=O)c1. The highest BCUT2D eigenvalue weighted by Crippen LogP contribution is 2.32. The molecule has 0 aliphatic rings. The highest BCUT2D eigenvalue weighted by atomic mass is 35.5. The quantitative estimate of drug-likeness (QED) is 0.195. The normalized spacial score (nSPS) is 12.9. The number of nitrogens with one attached hydrogen (secondary N) is 1. The monoisotopic (exact) mass is 564 g/mol. The van der Waals surface area contributed by atoms with E-state index in [1.165, 1.54) is 38.8 Å². The van der Waals surface area contributed by atoms with Crippen molar-refractivity contribution in [2.75, 3.05) is 20.5 Å². The molecule has 0 aliphatic carbocycles. The van der Waals surface area contributed by atoms with Crippen LogP contribution in [0.5, 0.6) is 17.2 Å². The van der Waals surface area contributed by atoms with Crippen LogP contribution >= 0.6 is 11.6 Å². The first-order chi connectivity index (χ1) is 18.0. The van der Waals surface area contributed by atoms with Crippen molar-refractivity contribution in [3.8, 4) is 17.2 Å². The van der Waals surface area contributed by atoms with Crippen LogP contribution in [0.25, 0.3) is 10.9 Å². The van der Waals surface area contributed by atoms with Crippen molar-refractivity contribution >= 4 is 50.5 Å². The molecule has 0 bridgehead atoms. The Morgan fingerprint density at radius 1 is 0.974 bits per heavy atom. The van der Waals surface area contributed by atoms with Crippen molar-refractivity contribution in [2.45, 2.75) is 11.3 Å². The summed E-state index contributed by atoms with van der Waals surface area (Å²) in [5.74, 6) is -0.493. The number of nitrogens with zero attached hydrogens (tertiary/aromatic N) is 1. The Kier molecular flexibility index (Phi) is 7.79. The average Bonchev–Trinajstić information content (AvgIpc) is 3.29. The molecule has 0 spiro atoms. The van der Waals surface area contributed by atoms with Gasteiger partial charge in [0.25, 0.3) is 0 Å². The first-order valence-corrected chi connectivity index (χ1v) is 12.8. The second-order valence-corrected chi connectivity index (χ2v) is 9.73. The number of methoxy groups -OCH3 is 2. The average molecular weight is 565 g/mol. The van der Waals surface area contributed by atoms with E-state index in [1.54, 1.807) is 30.3 Å². The van der Waals surface area contributed by atoms with Crippen molar-refractivity contribution in [1.29, 1.82) is 0 Å². The zero-order chi connectivity index (χ0) is 27.6. The van der Waals surface area contributed by atoms with E-state index in [1.807, 2.05) is 0 Å². The lowest BCUT2D eigenvalue weighted by atomic mass is 9.99. The van der Waals surface area contributed by atoms with Gasteiger partial charge in [-0.25, -0.2) is 4.99 Å². The number of ketones is 1. The third kappa shape index (κ3) is 6.00. The van der Waals surface area contributed by atoms with Crippen LogP contribution in [0.3, 0.4) is 0 Å². The Hall–Kier alpha value is -3.83. The lowest BCUT2D eigenvalue weighted by Crippen LogP contribution is -2.17. The maximum absolute atomic E-state index is 14.0. The number of rotatable bonds is 8. The third-order valence-electron chi connectivity index (χ3n) is 5.44. The van der Waals surface area contributed by atoms with E-state index in [-0.39, 0.29) is 33.7 Å². The predicted molar refractivity (Wildman–Crippen MR) is 139 cm³/mol. The van der Waals surface area contributed by atoms with Gasteiger partial charge in [0.2, 0.25) is 5.78 Å². The van der Waals surface area contributed by atoms with Crippen molar-refractivity contribution in [2.24, 2.45) is 4.99 Å². The summed E-state index contributed by atoms with van der Waals surface area (Å²) in [5, 5.41) is 0.543. The van der Waals surface area contributed by atoms with Gasteiger partial charge >= 0.3 is 6.36 Å². The molecule has 1 atom stereocenters.